The lowest BCUT2D eigenvalue weighted by Gasteiger charge is -2.36. The Morgan fingerprint density at radius 1 is 0.574 bits per heavy atom. The van der Waals surface area contributed by atoms with Gasteiger partial charge in [0.05, 0.1) is 11.1 Å². The fourth-order valence-electron chi connectivity index (χ4n) is 4.68. The van der Waals surface area contributed by atoms with Crippen LogP contribution in [0.15, 0.2) is 48.5 Å². The third-order valence-electron chi connectivity index (χ3n) is 9.30. The Kier molecular flexibility index (Phi) is 10.4. The monoisotopic (exact) mass is 682 g/mol. The molecule has 3 aromatic rings. The van der Waals surface area contributed by atoms with E-state index in [0.717, 1.165) is 22.6 Å². The first-order valence-electron chi connectivity index (χ1n) is 16.2. The average molecular weight is 683 g/mol. The Hall–Kier alpha value is -3.19. The van der Waals surface area contributed by atoms with Gasteiger partial charge in [-0.2, -0.15) is 0 Å². The van der Waals surface area contributed by atoms with E-state index < -0.39 is 22.4 Å². The van der Waals surface area contributed by atoms with Gasteiger partial charge in [0.15, 0.2) is 36.6 Å². The van der Waals surface area contributed by atoms with Crippen molar-refractivity contribution in [1.29, 1.82) is 0 Å². The van der Waals surface area contributed by atoms with Gasteiger partial charge in [-0.15, -0.1) is 0 Å². The van der Waals surface area contributed by atoms with Crippen molar-refractivity contribution in [1.82, 2.24) is 0 Å². The van der Waals surface area contributed by atoms with Crippen molar-refractivity contribution < 1.29 is 37.3 Å². The number of benzene rings is 3. The molecule has 0 atom stereocenters. The third kappa shape index (κ3) is 7.93. The van der Waals surface area contributed by atoms with Gasteiger partial charge in [0, 0.05) is 28.1 Å². The van der Waals surface area contributed by atoms with E-state index in [1.54, 1.807) is 14.2 Å². The topological polar surface area (TPSA) is 73.8 Å². The van der Waals surface area contributed by atoms with Crippen molar-refractivity contribution in [2.24, 2.45) is 0 Å². The van der Waals surface area contributed by atoms with Crippen LogP contribution in [0.5, 0.6) is 34.5 Å². The summed E-state index contributed by atoms with van der Waals surface area (Å²) >= 11 is 0. The minimum absolute atomic E-state index is 0.00925. The highest BCUT2D eigenvalue weighted by Gasteiger charge is 2.42. The van der Waals surface area contributed by atoms with Crippen molar-refractivity contribution in [3.05, 3.63) is 48.5 Å². The molecule has 0 saturated carbocycles. The van der Waals surface area contributed by atoms with Gasteiger partial charge >= 0.3 is 0 Å². The van der Waals surface area contributed by atoms with Crippen LogP contribution < -0.4 is 27.8 Å². The third-order valence-corrected chi connectivity index (χ3v) is 18.0. The van der Waals surface area contributed by atoms with Crippen LogP contribution in [0.4, 0.5) is 0 Å². The Bertz CT molecular complexity index is 1420. The summed E-state index contributed by atoms with van der Waals surface area (Å²) in [4.78, 5) is 0. The Morgan fingerprint density at radius 2 is 0.894 bits per heavy atom. The van der Waals surface area contributed by atoms with Gasteiger partial charge in [-0.05, 0) is 71.7 Å². The molecule has 0 aliphatic carbocycles. The molecule has 0 bridgehead atoms. The van der Waals surface area contributed by atoms with Gasteiger partial charge in [0.1, 0.15) is 11.5 Å². The maximum absolute atomic E-state index is 6.57. The first kappa shape index (κ1) is 36.6. The predicted molar refractivity (Wildman–Crippen MR) is 193 cm³/mol. The second kappa shape index (κ2) is 13.4. The summed E-state index contributed by atoms with van der Waals surface area (Å²) in [5, 5.41) is 0.145. The molecule has 8 nitrogen and oxygen atoms in total. The molecular weight excluding hydrogens is 629 g/mol. The maximum Gasteiger partial charge on any atom is 0.250 e. The fraction of sp³-hybridized carbons (Fsp3) is 0.514. The molecule has 0 radical (unpaired) electrons. The molecule has 258 valence electrons. The molecule has 0 amide bonds. The van der Waals surface area contributed by atoms with Crippen molar-refractivity contribution in [2.45, 2.75) is 97.4 Å². The summed E-state index contributed by atoms with van der Waals surface area (Å²) < 4.78 is 49.6. The number of hydrogen-bond donors (Lipinski definition) is 0. The molecule has 10 heteroatoms. The SMILES string of the molecule is COCOc1c(OCOC)c(-c2ccc(O[Si](C)(C)C(C)(C)C)cc2)c2c(c1-c1ccc(O[Si](C)(C)C(C)(C)C)cc1)OC(C)(C)O2. The summed E-state index contributed by atoms with van der Waals surface area (Å²) in [6.45, 7) is 26.1. The van der Waals surface area contributed by atoms with Gasteiger partial charge in [-0.1, -0.05) is 65.8 Å². The molecule has 1 aliphatic heterocycles. The minimum Gasteiger partial charge on any atom is -0.544 e. The molecule has 0 spiro atoms. The molecule has 1 heterocycles. The maximum atomic E-state index is 6.57. The van der Waals surface area contributed by atoms with Crippen LogP contribution in [-0.2, 0) is 9.47 Å². The van der Waals surface area contributed by atoms with E-state index in [2.05, 4.69) is 67.7 Å². The van der Waals surface area contributed by atoms with E-state index in [0.29, 0.717) is 34.1 Å². The van der Waals surface area contributed by atoms with Gasteiger partial charge in [0.2, 0.25) is 22.4 Å². The largest absolute Gasteiger partial charge is 0.544 e. The van der Waals surface area contributed by atoms with E-state index in [9.17, 15) is 0 Å². The molecule has 1 aliphatic rings. The minimum atomic E-state index is -2.03. The predicted octanol–water partition coefficient (Wildman–Crippen LogP) is 10.3. The lowest BCUT2D eigenvalue weighted by molar-refractivity contribution is -0.0428. The van der Waals surface area contributed by atoms with Crippen LogP contribution in [0.3, 0.4) is 0 Å². The van der Waals surface area contributed by atoms with E-state index in [1.165, 1.54) is 0 Å². The highest BCUT2D eigenvalue weighted by Crippen LogP contribution is 2.60. The first-order valence-corrected chi connectivity index (χ1v) is 22.0. The zero-order valence-electron chi connectivity index (χ0n) is 30.8. The van der Waals surface area contributed by atoms with Gasteiger partial charge in [-0.3, -0.25) is 0 Å². The number of fused-ring (bicyclic) bond motifs is 1. The zero-order chi connectivity index (χ0) is 35.0. The normalized spacial score (nSPS) is 14.6. The lowest BCUT2D eigenvalue weighted by atomic mass is 9.95. The highest BCUT2D eigenvalue weighted by atomic mass is 28.4. The highest BCUT2D eigenvalue weighted by molar-refractivity contribution is 6.75. The van der Waals surface area contributed by atoms with Crippen molar-refractivity contribution in [2.75, 3.05) is 27.8 Å². The molecule has 4 rings (SSSR count). The molecule has 0 N–H and O–H groups in total. The van der Waals surface area contributed by atoms with Crippen molar-refractivity contribution in [3.63, 3.8) is 0 Å². The molecule has 0 fully saturated rings. The Balaban J connectivity index is 1.91. The van der Waals surface area contributed by atoms with Gasteiger partial charge in [-0.25, -0.2) is 0 Å². The quantitative estimate of drug-likeness (QED) is 0.138. The standard InChI is InChI=1S/C37H54O8Si2/c1-35(2,3)46(11,12)44-27-19-15-25(16-20-27)29-31(40-23-38-9)32(41-24-39-10)30(34-33(29)42-37(7,8)43-34)26-17-21-28(22-18-26)45-47(13,14)36(4,5)6/h15-22H,23-24H2,1-14H3. The van der Waals surface area contributed by atoms with Crippen LogP contribution in [0.2, 0.25) is 36.3 Å². The van der Waals surface area contributed by atoms with Gasteiger partial charge < -0.3 is 37.3 Å². The summed E-state index contributed by atoms with van der Waals surface area (Å²) in [6.07, 6.45) is 0. The van der Waals surface area contributed by atoms with Crippen LogP contribution >= 0.6 is 0 Å². The lowest BCUT2D eigenvalue weighted by Crippen LogP contribution is -2.43. The fourth-order valence-corrected chi connectivity index (χ4v) is 6.74. The zero-order valence-corrected chi connectivity index (χ0v) is 32.8. The number of rotatable bonds is 12. The van der Waals surface area contributed by atoms with Crippen LogP contribution in [0.25, 0.3) is 22.3 Å². The summed E-state index contributed by atoms with van der Waals surface area (Å²) in [5.41, 5.74) is 3.08. The molecular formula is C37H54O8Si2. The van der Waals surface area contributed by atoms with Gasteiger partial charge in [0.25, 0.3) is 0 Å². The first-order chi connectivity index (χ1) is 21.7. The van der Waals surface area contributed by atoms with E-state index >= 15 is 0 Å². The summed E-state index contributed by atoms with van der Waals surface area (Å²) in [6, 6.07) is 16.0. The molecule has 0 saturated heterocycles. The summed E-state index contributed by atoms with van der Waals surface area (Å²) in [5.74, 6) is 2.72. The molecule has 47 heavy (non-hydrogen) atoms. The Morgan fingerprint density at radius 3 is 1.17 bits per heavy atom. The second-order valence-corrected chi connectivity index (χ2v) is 25.0. The van der Waals surface area contributed by atoms with Crippen LogP contribution in [-0.4, -0.2) is 50.2 Å². The summed E-state index contributed by atoms with van der Waals surface area (Å²) in [7, 11) is -0.891. The van der Waals surface area contributed by atoms with E-state index in [1.807, 2.05) is 62.4 Å². The second-order valence-electron chi connectivity index (χ2n) is 15.5. The number of hydrogen-bond acceptors (Lipinski definition) is 8. The van der Waals surface area contributed by atoms with Crippen molar-refractivity contribution >= 4 is 16.6 Å². The number of ether oxygens (including phenoxy) is 6. The molecule has 0 aromatic heterocycles. The van der Waals surface area contributed by atoms with Crippen LogP contribution in [0.1, 0.15) is 55.4 Å². The molecule has 0 unspecified atom stereocenters. The van der Waals surface area contributed by atoms with Crippen molar-refractivity contribution in [3.8, 4) is 56.8 Å². The Labute approximate surface area is 283 Å². The average Bonchev–Trinajstić information content (AvgIpc) is 3.28. The van der Waals surface area contributed by atoms with E-state index in [4.69, 9.17) is 37.3 Å². The molecule has 3 aromatic carbocycles. The smallest absolute Gasteiger partial charge is 0.250 e. The number of methoxy groups -OCH3 is 2. The van der Waals surface area contributed by atoms with Crippen LogP contribution in [0, 0.1) is 0 Å². The van der Waals surface area contributed by atoms with E-state index in [-0.39, 0.29) is 23.7 Å².